The first kappa shape index (κ1) is 12.8. The van der Waals surface area contributed by atoms with Crippen molar-refractivity contribution >= 4 is 11.7 Å². The third-order valence-electron chi connectivity index (χ3n) is 3.45. The summed E-state index contributed by atoms with van der Waals surface area (Å²) in [5.41, 5.74) is 3.03. The van der Waals surface area contributed by atoms with Gasteiger partial charge in [-0.2, -0.15) is 0 Å². The summed E-state index contributed by atoms with van der Waals surface area (Å²) >= 11 is 0. The Kier molecular flexibility index (Phi) is 4.52. The molecule has 0 aliphatic heterocycles. The third-order valence-corrected chi connectivity index (χ3v) is 3.45. The molecule has 5 nitrogen and oxygen atoms in total. The Morgan fingerprint density at radius 1 is 1.39 bits per heavy atom. The van der Waals surface area contributed by atoms with Crippen molar-refractivity contribution in [3.05, 3.63) is 23.9 Å². The highest BCUT2D eigenvalue weighted by atomic mass is 16.1. The van der Waals surface area contributed by atoms with Crippen LogP contribution < -0.4 is 16.6 Å². The van der Waals surface area contributed by atoms with Crippen molar-refractivity contribution in [2.75, 3.05) is 12.0 Å². The van der Waals surface area contributed by atoms with E-state index < -0.39 is 0 Å². The molecule has 1 saturated carbocycles. The van der Waals surface area contributed by atoms with Crippen molar-refractivity contribution in [1.29, 1.82) is 0 Å². The molecule has 18 heavy (non-hydrogen) atoms. The number of hydrogen-bond donors (Lipinski definition) is 3. The Morgan fingerprint density at radius 2 is 2.17 bits per heavy atom. The number of carbonyl (C=O) groups is 1. The fraction of sp³-hybridized carbons (Fsp3) is 0.538. The highest BCUT2D eigenvalue weighted by Crippen LogP contribution is 2.22. The summed E-state index contributed by atoms with van der Waals surface area (Å²) in [6.45, 7) is 0.770. The molecule has 0 aromatic carbocycles. The van der Waals surface area contributed by atoms with Gasteiger partial charge in [-0.05, 0) is 30.9 Å². The highest BCUT2D eigenvalue weighted by molar-refractivity contribution is 5.94. The molecule has 1 aliphatic rings. The molecule has 0 atom stereocenters. The molecular weight excluding hydrogens is 228 g/mol. The zero-order valence-corrected chi connectivity index (χ0v) is 10.5. The summed E-state index contributed by atoms with van der Waals surface area (Å²) in [5, 5.41) is 2.98. The van der Waals surface area contributed by atoms with Gasteiger partial charge in [0.05, 0.1) is 0 Å². The minimum Gasteiger partial charge on any atom is -0.352 e. The first-order valence-corrected chi connectivity index (χ1v) is 6.50. The summed E-state index contributed by atoms with van der Waals surface area (Å²) in [5.74, 6) is 6.35. The van der Waals surface area contributed by atoms with Crippen LogP contribution in [-0.4, -0.2) is 17.4 Å². The number of anilines is 1. The van der Waals surface area contributed by atoms with Crippen LogP contribution in [-0.2, 0) is 0 Å². The summed E-state index contributed by atoms with van der Waals surface area (Å²) < 4.78 is 0. The van der Waals surface area contributed by atoms with E-state index in [4.69, 9.17) is 5.84 Å². The quantitative estimate of drug-likeness (QED) is 0.559. The van der Waals surface area contributed by atoms with Gasteiger partial charge in [0.1, 0.15) is 5.82 Å². The summed E-state index contributed by atoms with van der Waals surface area (Å²) in [6.07, 6.45) is 7.94. The third kappa shape index (κ3) is 3.43. The second-order valence-electron chi connectivity index (χ2n) is 4.79. The topological polar surface area (TPSA) is 80.0 Å². The standard InChI is InChI=1S/C13H20N4O/c14-17-12-8-11(6-7-15-12)13(18)16-9-10-4-2-1-3-5-10/h6-8,10H,1-5,9,14H2,(H,15,17)(H,16,18). The van der Waals surface area contributed by atoms with Gasteiger partial charge in [-0.25, -0.2) is 10.8 Å². The average Bonchev–Trinajstić information content (AvgIpc) is 2.46. The van der Waals surface area contributed by atoms with Crippen LogP contribution in [0.4, 0.5) is 5.82 Å². The lowest BCUT2D eigenvalue weighted by atomic mass is 9.89. The van der Waals surface area contributed by atoms with Crippen LogP contribution in [0.5, 0.6) is 0 Å². The molecule has 0 saturated heterocycles. The van der Waals surface area contributed by atoms with Gasteiger partial charge >= 0.3 is 0 Å². The maximum atomic E-state index is 11.9. The Balaban J connectivity index is 1.86. The second-order valence-corrected chi connectivity index (χ2v) is 4.79. The van der Waals surface area contributed by atoms with E-state index >= 15 is 0 Å². The predicted molar refractivity (Wildman–Crippen MR) is 71.0 cm³/mol. The molecule has 0 radical (unpaired) electrons. The van der Waals surface area contributed by atoms with Gasteiger partial charge in [-0.1, -0.05) is 19.3 Å². The van der Waals surface area contributed by atoms with E-state index in [9.17, 15) is 4.79 Å². The van der Waals surface area contributed by atoms with E-state index in [1.165, 1.54) is 32.1 Å². The lowest BCUT2D eigenvalue weighted by molar-refractivity contribution is 0.0943. The number of nitrogens with zero attached hydrogens (tertiary/aromatic N) is 1. The number of aromatic nitrogens is 1. The van der Waals surface area contributed by atoms with E-state index in [0.29, 0.717) is 17.3 Å². The normalized spacial score (nSPS) is 16.3. The number of hydrogen-bond acceptors (Lipinski definition) is 4. The number of pyridine rings is 1. The van der Waals surface area contributed by atoms with Gasteiger partial charge < -0.3 is 10.7 Å². The van der Waals surface area contributed by atoms with Crippen LogP contribution in [0, 0.1) is 5.92 Å². The fourth-order valence-electron chi connectivity index (χ4n) is 2.38. The monoisotopic (exact) mass is 248 g/mol. The van der Waals surface area contributed by atoms with E-state index in [1.807, 2.05) is 0 Å². The number of nitrogens with one attached hydrogen (secondary N) is 2. The molecule has 0 spiro atoms. The number of hydrazine groups is 1. The Morgan fingerprint density at radius 3 is 2.89 bits per heavy atom. The first-order valence-electron chi connectivity index (χ1n) is 6.50. The molecule has 0 unspecified atom stereocenters. The van der Waals surface area contributed by atoms with E-state index in [0.717, 1.165) is 6.54 Å². The van der Waals surface area contributed by atoms with Gasteiger partial charge in [-0.3, -0.25) is 4.79 Å². The van der Waals surface area contributed by atoms with E-state index in [1.54, 1.807) is 18.3 Å². The minimum absolute atomic E-state index is 0.0560. The Bertz CT molecular complexity index is 402. The van der Waals surface area contributed by atoms with Crippen molar-refractivity contribution in [2.45, 2.75) is 32.1 Å². The first-order chi connectivity index (χ1) is 8.79. The van der Waals surface area contributed by atoms with Crippen LogP contribution in [0.3, 0.4) is 0 Å². The van der Waals surface area contributed by atoms with Crippen LogP contribution in [0.1, 0.15) is 42.5 Å². The Labute approximate surface area is 107 Å². The molecule has 2 rings (SSSR count). The minimum atomic E-state index is -0.0560. The molecule has 1 amide bonds. The van der Waals surface area contributed by atoms with Crippen LogP contribution in [0.25, 0.3) is 0 Å². The van der Waals surface area contributed by atoms with Crippen LogP contribution in [0.2, 0.25) is 0 Å². The molecule has 1 aliphatic carbocycles. The highest BCUT2D eigenvalue weighted by Gasteiger charge is 2.15. The molecule has 98 valence electrons. The van der Waals surface area contributed by atoms with Crippen LogP contribution in [0.15, 0.2) is 18.3 Å². The van der Waals surface area contributed by atoms with Crippen molar-refractivity contribution < 1.29 is 4.79 Å². The van der Waals surface area contributed by atoms with Gasteiger partial charge in [0.15, 0.2) is 0 Å². The lowest BCUT2D eigenvalue weighted by Gasteiger charge is -2.21. The van der Waals surface area contributed by atoms with E-state index in [2.05, 4.69) is 15.7 Å². The number of rotatable bonds is 4. The summed E-state index contributed by atoms with van der Waals surface area (Å²) in [7, 11) is 0. The number of nitrogen functional groups attached to an aromatic ring is 1. The van der Waals surface area contributed by atoms with Gasteiger partial charge in [0, 0.05) is 18.3 Å². The van der Waals surface area contributed by atoms with Gasteiger partial charge in [0.25, 0.3) is 5.91 Å². The zero-order chi connectivity index (χ0) is 12.8. The molecule has 1 heterocycles. The van der Waals surface area contributed by atoms with Crippen molar-refractivity contribution in [2.24, 2.45) is 11.8 Å². The molecule has 1 aromatic heterocycles. The SMILES string of the molecule is NNc1cc(C(=O)NCC2CCCCC2)ccn1. The largest absolute Gasteiger partial charge is 0.352 e. The summed E-state index contributed by atoms with van der Waals surface area (Å²) in [4.78, 5) is 15.9. The number of nitrogens with two attached hydrogens (primary N) is 1. The number of carbonyl (C=O) groups excluding carboxylic acids is 1. The second kappa shape index (κ2) is 6.35. The van der Waals surface area contributed by atoms with Crippen molar-refractivity contribution in [3.63, 3.8) is 0 Å². The fourth-order valence-corrected chi connectivity index (χ4v) is 2.38. The Hall–Kier alpha value is -1.62. The van der Waals surface area contributed by atoms with Crippen molar-refractivity contribution in [3.8, 4) is 0 Å². The summed E-state index contributed by atoms with van der Waals surface area (Å²) in [6, 6.07) is 3.34. The molecule has 4 N–H and O–H groups in total. The number of amides is 1. The lowest BCUT2D eigenvalue weighted by Crippen LogP contribution is -2.30. The smallest absolute Gasteiger partial charge is 0.251 e. The average molecular weight is 248 g/mol. The van der Waals surface area contributed by atoms with E-state index in [-0.39, 0.29) is 5.91 Å². The van der Waals surface area contributed by atoms with Gasteiger partial charge in [-0.15, -0.1) is 0 Å². The molecule has 5 heteroatoms. The van der Waals surface area contributed by atoms with Crippen LogP contribution >= 0.6 is 0 Å². The van der Waals surface area contributed by atoms with Crippen molar-refractivity contribution in [1.82, 2.24) is 10.3 Å². The maximum Gasteiger partial charge on any atom is 0.251 e. The van der Waals surface area contributed by atoms with Gasteiger partial charge in [0.2, 0.25) is 0 Å². The molecular formula is C13H20N4O. The predicted octanol–water partition coefficient (Wildman–Crippen LogP) is 1.68. The molecule has 1 fully saturated rings. The molecule has 0 bridgehead atoms. The molecule has 1 aromatic rings. The zero-order valence-electron chi connectivity index (χ0n) is 10.5. The maximum absolute atomic E-state index is 11.9.